The molecule has 16 heavy (non-hydrogen) atoms. The summed E-state index contributed by atoms with van der Waals surface area (Å²) in [6.45, 7) is 0. The maximum Gasteiger partial charge on any atom is 0.167 e. The minimum Gasteiger partial charge on any atom is -0.454 e. The SMILES string of the molecule is Nc1ccc(Oc2c(Cl)cncc2Cl)cc1. The van der Waals surface area contributed by atoms with E-state index in [0.29, 0.717) is 27.2 Å². The summed E-state index contributed by atoms with van der Waals surface area (Å²) in [5.41, 5.74) is 6.23. The Labute approximate surface area is 103 Å². The third kappa shape index (κ3) is 2.38. The van der Waals surface area contributed by atoms with Crippen molar-refractivity contribution >= 4 is 28.9 Å². The van der Waals surface area contributed by atoms with Crippen LogP contribution in [0.4, 0.5) is 5.69 Å². The zero-order chi connectivity index (χ0) is 11.5. The Balaban J connectivity index is 2.30. The molecule has 0 atom stereocenters. The molecular formula is C11H8Cl2N2O. The first kappa shape index (κ1) is 11.0. The molecule has 82 valence electrons. The van der Waals surface area contributed by atoms with Crippen molar-refractivity contribution in [2.75, 3.05) is 5.73 Å². The number of ether oxygens (including phenoxy) is 1. The van der Waals surface area contributed by atoms with Gasteiger partial charge in [-0.2, -0.15) is 0 Å². The Morgan fingerprint density at radius 3 is 2.12 bits per heavy atom. The van der Waals surface area contributed by atoms with E-state index in [4.69, 9.17) is 33.7 Å². The van der Waals surface area contributed by atoms with Crippen LogP contribution in [-0.4, -0.2) is 4.98 Å². The van der Waals surface area contributed by atoms with Crippen molar-refractivity contribution in [2.45, 2.75) is 0 Å². The van der Waals surface area contributed by atoms with E-state index in [1.165, 1.54) is 12.4 Å². The minimum absolute atomic E-state index is 0.365. The van der Waals surface area contributed by atoms with Gasteiger partial charge in [-0.05, 0) is 24.3 Å². The first-order valence-corrected chi connectivity index (χ1v) is 5.25. The number of rotatable bonds is 2. The van der Waals surface area contributed by atoms with E-state index < -0.39 is 0 Å². The molecule has 1 aromatic carbocycles. The van der Waals surface area contributed by atoms with E-state index in [0.717, 1.165) is 0 Å². The van der Waals surface area contributed by atoms with Crippen molar-refractivity contribution in [2.24, 2.45) is 0 Å². The quantitative estimate of drug-likeness (QED) is 0.831. The second-order valence-corrected chi connectivity index (χ2v) is 3.92. The molecule has 0 aliphatic rings. The maximum absolute atomic E-state index is 5.91. The molecule has 0 amide bonds. The van der Waals surface area contributed by atoms with Gasteiger partial charge in [-0.1, -0.05) is 23.2 Å². The normalized spacial score (nSPS) is 10.1. The fourth-order valence-electron chi connectivity index (χ4n) is 1.15. The Morgan fingerprint density at radius 2 is 1.56 bits per heavy atom. The number of pyridine rings is 1. The number of benzene rings is 1. The zero-order valence-electron chi connectivity index (χ0n) is 8.15. The van der Waals surface area contributed by atoms with Gasteiger partial charge in [0.25, 0.3) is 0 Å². The van der Waals surface area contributed by atoms with Crippen LogP contribution in [0, 0.1) is 0 Å². The maximum atomic E-state index is 5.91. The summed E-state index contributed by atoms with van der Waals surface area (Å²) >= 11 is 11.8. The van der Waals surface area contributed by atoms with Crippen molar-refractivity contribution < 1.29 is 4.74 Å². The monoisotopic (exact) mass is 254 g/mol. The minimum atomic E-state index is 0.365. The molecule has 5 heteroatoms. The van der Waals surface area contributed by atoms with Crippen molar-refractivity contribution in [3.8, 4) is 11.5 Å². The molecule has 2 aromatic rings. The third-order valence-electron chi connectivity index (χ3n) is 1.91. The summed E-state index contributed by atoms with van der Waals surface area (Å²) in [4.78, 5) is 3.84. The summed E-state index contributed by atoms with van der Waals surface area (Å²) < 4.78 is 5.54. The van der Waals surface area contributed by atoms with Crippen molar-refractivity contribution in [1.82, 2.24) is 4.98 Å². The number of nitrogens with two attached hydrogens (primary N) is 1. The number of anilines is 1. The van der Waals surface area contributed by atoms with Gasteiger partial charge in [0.1, 0.15) is 15.8 Å². The van der Waals surface area contributed by atoms with Gasteiger partial charge < -0.3 is 10.5 Å². The highest BCUT2D eigenvalue weighted by atomic mass is 35.5. The number of nitrogens with zero attached hydrogens (tertiary/aromatic N) is 1. The highest BCUT2D eigenvalue weighted by Crippen LogP contribution is 2.35. The molecule has 3 nitrogen and oxygen atoms in total. The molecule has 1 heterocycles. The van der Waals surface area contributed by atoms with E-state index in [2.05, 4.69) is 4.98 Å². The molecule has 1 aromatic heterocycles. The smallest absolute Gasteiger partial charge is 0.167 e. The molecule has 0 unspecified atom stereocenters. The Kier molecular flexibility index (Phi) is 3.17. The lowest BCUT2D eigenvalue weighted by atomic mass is 10.3. The van der Waals surface area contributed by atoms with E-state index in [1.54, 1.807) is 24.3 Å². The average molecular weight is 255 g/mol. The summed E-state index contributed by atoms with van der Waals surface area (Å²) in [6.07, 6.45) is 2.94. The predicted molar refractivity (Wildman–Crippen MR) is 65.2 cm³/mol. The van der Waals surface area contributed by atoms with Crippen LogP contribution in [0.3, 0.4) is 0 Å². The highest BCUT2D eigenvalue weighted by Gasteiger charge is 2.08. The molecule has 0 saturated heterocycles. The largest absolute Gasteiger partial charge is 0.454 e. The van der Waals surface area contributed by atoms with E-state index in [1.807, 2.05) is 0 Å². The molecule has 0 saturated carbocycles. The summed E-state index contributed by atoms with van der Waals surface area (Å²) in [7, 11) is 0. The lowest BCUT2D eigenvalue weighted by molar-refractivity contribution is 0.482. The Morgan fingerprint density at radius 1 is 1.00 bits per heavy atom. The van der Waals surface area contributed by atoms with Crippen LogP contribution >= 0.6 is 23.2 Å². The molecule has 0 bridgehead atoms. The molecule has 0 fully saturated rings. The van der Waals surface area contributed by atoms with Crippen LogP contribution in [0.1, 0.15) is 0 Å². The van der Waals surface area contributed by atoms with Gasteiger partial charge >= 0.3 is 0 Å². The van der Waals surface area contributed by atoms with Crippen molar-refractivity contribution in [3.63, 3.8) is 0 Å². The van der Waals surface area contributed by atoms with Crippen molar-refractivity contribution in [1.29, 1.82) is 0 Å². The topological polar surface area (TPSA) is 48.1 Å². The molecule has 2 N–H and O–H groups in total. The van der Waals surface area contributed by atoms with Crippen LogP contribution in [0.5, 0.6) is 11.5 Å². The van der Waals surface area contributed by atoms with Crippen molar-refractivity contribution in [3.05, 3.63) is 46.7 Å². The first-order chi connectivity index (χ1) is 7.66. The fourth-order valence-corrected chi connectivity index (χ4v) is 1.59. The van der Waals surface area contributed by atoms with Gasteiger partial charge in [0.05, 0.1) is 0 Å². The van der Waals surface area contributed by atoms with Crippen LogP contribution < -0.4 is 10.5 Å². The van der Waals surface area contributed by atoms with Gasteiger partial charge in [0, 0.05) is 18.1 Å². The Bertz CT molecular complexity index is 480. The van der Waals surface area contributed by atoms with Crippen LogP contribution in [0.25, 0.3) is 0 Å². The lowest BCUT2D eigenvalue weighted by Crippen LogP contribution is -1.89. The third-order valence-corrected chi connectivity index (χ3v) is 2.45. The first-order valence-electron chi connectivity index (χ1n) is 4.49. The molecule has 0 spiro atoms. The number of halogens is 2. The van der Waals surface area contributed by atoms with Crippen LogP contribution in [0.15, 0.2) is 36.7 Å². The zero-order valence-corrected chi connectivity index (χ0v) is 9.66. The van der Waals surface area contributed by atoms with E-state index in [9.17, 15) is 0 Å². The van der Waals surface area contributed by atoms with E-state index in [-0.39, 0.29) is 0 Å². The highest BCUT2D eigenvalue weighted by molar-refractivity contribution is 6.36. The number of nitrogen functional groups attached to an aromatic ring is 1. The van der Waals surface area contributed by atoms with Gasteiger partial charge in [0.15, 0.2) is 5.75 Å². The summed E-state index contributed by atoms with van der Waals surface area (Å²) in [5.74, 6) is 1.01. The molecule has 2 rings (SSSR count). The standard InChI is InChI=1S/C11H8Cl2N2O/c12-9-5-15-6-10(13)11(9)16-8-3-1-7(14)2-4-8/h1-6H,14H2. The predicted octanol–water partition coefficient (Wildman–Crippen LogP) is 3.76. The fraction of sp³-hybridized carbons (Fsp3) is 0. The average Bonchev–Trinajstić information content (AvgIpc) is 2.26. The summed E-state index contributed by atoms with van der Waals surface area (Å²) in [5, 5.41) is 0.730. The summed E-state index contributed by atoms with van der Waals surface area (Å²) in [6, 6.07) is 6.95. The number of hydrogen-bond acceptors (Lipinski definition) is 3. The van der Waals surface area contributed by atoms with Crippen LogP contribution in [0.2, 0.25) is 10.0 Å². The lowest BCUT2D eigenvalue weighted by Gasteiger charge is -2.08. The Hall–Kier alpha value is -1.45. The number of aromatic nitrogens is 1. The van der Waals surface area contributed by atoms with Gasteiger partial charge in [-0.25, -0.2) is 0 Å². The second-order valence-electron chi connectivity index (χ2n) is 3.10. The van der Waals surface area contributed by atoms with Gasteiger partial charge in [0.2, 0.25) is 0 Å². The molecule has 0 radical (unpaired) electrons. The van der Waals surface area contributed by atoms with E-state index >= 15 is 0 Å². The molecule has 0 aliphatic heterocycles. The van der Waals surface area contributed by atoms with Gasteiger partial charge in [-0.3, -0.25) is 4.98 Å². The molecule has 0 aliphatic carbocycles. The second kappa shape index (κ2) is 4.60. The van der Waals surface area contributed by atoms with Crippen LogP contribution in [-0.2, 0) is 0 Å². The number of hydrogen-bond donors (Lipinski definition) is 1. The van der Waals surface area contributed by atoms with Gasteiger partial charge in [-0.15, -0.1) is 0 Å². The molecular weight excluding hydrogens is 247 g/mol.